The van der Waals surface area contributed by atoms with Gasteiger partial charge in [-0.1, -0.05) is 39.3 Å². The average molecular weight is 473 g/mol. The topological polar surface area (TPSA) is 0 Å². The second-order valence-corrected chi connectivity index (χ2v) is 23.6. The lowest BCUT2D eigenvalue weighted by Gasteiger charge is -2.22. The zero-order valence-corrected chi connectivity index (χ0v) is 22.4. The Hall–Kier alpha value is -0.766. The summed E-state index contributed by atoms with van der Waals surface area (Å²) in [6.07, 6.45) is 0. The predicted octanol–water partition coefficient (Wildman–Crippen LogP) is 8.00. The highest BCUT2D eigenvalue weighted by Crippen LogP contribution is 2.51. The van der Waals surface area contributed by atoms with Crippen molar-refractivity contribution in [3.63, 3.8) is 0 Å². The summed E-state index contributed by atoms with van der Waals surface area (Å²) in [6.45, 7) is 14.9. The average Bonchev–Trinajstić information content (AvgIpc) is 3.33. The summed E-state index contributed by atoms with van der Waals surface area (Å²) in [5, 5.41) is 14.5. The number of hydrogen-bond acceptors (Lipinski definition) is 4. The zero-order valence-electron chi connectivity index (χ0n) is 17.1. The molecule has 0 atom stereocenters. The maximum absolute atomic E-state index is 2.48. The molecule has 144 valence electrons. The maximum atomic E-state index is 2.48. The van der Waals surface area contributed by atoms with E-state index < -0.39 is 16.1 Å². The monoisotopic (exact) mass is 472 g/mol. The van der Waals surface area contributed by atoms with Crippen LogP contribution in [0.3, 0.4) is 0 Å². The van der Waals surface area contributed by atoms with Gasteiger partial charge in [-0.25, -0.2) is 0 Å². The normalized spacial score (nSPS) is 13.4. The first kappa shape index (κ1) is 19.2. The van der Waals surface area contributed by atoms with E-state index in [4.69, 9.17) is 0 Å². The first-order valence-electron chi connectivity index (χ1n) is 9.55. The molecule has 0 bridgehead atoms. The van der Waals surface area contributed by atoms with E-state index in [1.54, 1.807) is 9.00 Å². The fourth-order valence-electron chi connectivity index (χ4n) is 4.15. The Labute approximate surface area is 185 Å². The molecule has 0 unspecified atom stereocenters. The van der Waals surface area contributed by atoms with Crippen LogP contribution in [-0.2, 0) is 0 Å². The van der Waals surface area contributed by atoms with Crippen LogP contribution in [0.1, 0.15) is 0 Å². The summed E-state index contributed by atoms with van der Waals surface area (Å²) >= 11 is 7.72. The molecule has 28 heavy (non-hydrogen) atoms. The Morgan fingerprint density at radius 2 is 0.821 bits per heavy atom. The van der Waals surface area contributed by atoms with Crippen LogP contribution in [0.2, 0.25) is 39.3 Å². The fourth-order valence-corrected chi connectivity index (χ4v) is 12.7. The molecule has 0 fully saturated rings. The minimum atomic E-state index is -1.42. The molecule has 0 nitrogen and oxygen atoms in total. The van der Waals surface area contributed by atoms with Crippen LogP contribution in [0, 0.1) is 0 Å². The molecule has 0 radical (unpaired) electrons. The van der Waals surface area contributed by atoms with Crippen molar-refractivity contribution in [1.82, 2.24) is 0 Å². The van der Waals surface area contributed by atoms with E-state index in [0.717, 1.165) is 0 Å². The Bertz CT molecular complexity index is 1090. The summed E-state index contributed by atoms with van der Waals surface area (Å²) in [5.41, 5.74) is 11.9. The van der Waals surface area contributed by atoms with Crippen LogP contribution in [0.15, 0.2) is 32.3 Å². The Kier molecular flexibility index (Phi) is 4.37. The number of rotatable bonds is 2. The molecular weight excluding hydrogens is 449 g/mol. The summed E-state index contributed by atoms with van der Waals surface area (Å²) in [7, 11) is -2.84. The van der Waals surface area contributed by atoms with Crippen LogP contribution < -0.4 is 9.00 Å². The number of fused-ring (bicyclic) bond motifs is 8. The van der Waals surface area contributed by atoms with Crippen LogP contribution >= 0.6 is 45.3 Å². The van der Waals surface area contributed by atoms with E-state index in [2.05, 4.69) is 71.6 Å². The molecule has 4 aromatic rings. The van der Waals surface area contributed by atoms with Gasteiger partial charge in [-0.15, -0.1) is 0 Å². The van der Waals surface area contributed by atoms with Gasteiger partial charge in [0.05, 0.1) is 16.1 Å². The Balaban J connectivity index is 1.94. The third-order valence-corrected chi connectivity index (χ3v) is 16.1. The third-order valence-electron chi connectivity index (χ3n) is 5.39. The van der Waals surface area contributed by atoms with Crippen molar-refractivity contribution in [2.75, 3.05) is 0 Å². The molecule has 0 spiro atoms. The molecule has 4 aromatic heterocycles. The molecule has 5 rings (SSSR count). The predicted molar refractivity (Wildman–Crippen MR) is 139 cm³/mol. The second kappa shape index (κ2) is 6.36. The maximum Gasteiger partial charge on any atom is 0.0912 e. The van der Waals surface area contributed by atoms with Crippen molar-refractivity contribution in [1.29, 1.82) is 0 Å². The quantitative estimate of drug-likeness (QED) is 0.228. The van der Waals surface area contributed by atoms with Gasteiger partial charge < -0.3 is 0 Å². The molecule has 1 aliphatic carbocycles. The first-order chi connectivity index (χ1) is 13.2. The molecule has 0 aliphatic heterocycles. The van der Waals surface area contributed by atoms with Gasteiger partial charge in [-0.2, -0.15) is 45.3 Å². The lowest BCUT2D eigenvalue weighted by molar-refractivity contribution is 1.68. The standard InChI is InChI=1S/C22H24S4Si2/c1-27(2,3)21-19-15-9-23-7-13(15)18-12-26-22(28(4,5)6)20(18)16-10-24-8-14(16)17(19)11-25-21/h7-12H,1-6H3. The molecule has 0 saturated heterocycles. The van der Waals surface area contributed by atoms with Gasteiger partial charge in [-0.3, -0.25) is 0 Å². The zero-order chi connectivity index (χ0) is 19.8. The second-order valence-electron chi connectivity index (χ2n) is 9.61. The van der Waals surface area contributed by atoms with Crippen LogP contribution in [-0.4, -0.2) is 16.1 Å². The van der Waals surface area contributed by atoms with Gasteiger partial charge in [0.1, 0.15) is 0 Å². The van der Waals surface area contributed by atoms with Crippen molar-refractivity contribution in [3.8, 4) is 44.5 Å². The van der Waals surface area contributed by atoms with Crippen LogP contribution in [0.5, 0.6) is 0 Å². The van der Waals surface area contributed by atoms with Crippen molar-refractivity contribution < 1.29 is 0 Å². The summed E-state index contributed by atoms with van der Waals surface area (Å²) in [5.74, 6) is 0. The molecule has 6 heteroatoms. The molecule has 1 aliphatic rings. The number of hydrogen-bond donors (Lipinski definition) is 0. The summed E-state index contributed by atoms with van der Waals surface area (Å²) in [4.78, 5) is 0. The highest BCUT2D eigenvalue weighted by atomic mass is 32.1. The van der Waals surface area contributed by atoms with E-state index in [9.17, 15) is 0 Å². The Morgan fingerprint density at radius 3 is 1.18 bits per heavy atom. The van der Waals surface area contributed by atoms with Crippen molar-refractivity contribution in [2.45, 2.75) is 39.3 Å². The fraction of sp³-hybridized carbons (Fsp3) is 0.273. The molecule has 4 heterocycles. The lowest BCUT2D eigenvalue weighted by Crippen LogP contribution is -2.37. The smallest absolute Gasteiger partial charge is 0.0912 e. The highest BCUT2D eigenvalue weighted by molar-refractivity contribution is 7.27. The molecule has 0 amide bonds. The van der Waals surface area contributed by atoms with E-state index in [-0.39, 0.29) is 0 Å². The molecule has 0 N–H and O–H groups in total. The minimum absolute atomic E-state index is 1.42. The van der Waals surface area contributed by atoms with Crippen molar-refractivity contribution >= 4 is 70.5 Å². The van der Waals surface area contributed by atoms with Crippen molar-refractivity contribution in [3.05, 3.63) is 32.3 Å². The SMILES string of the molecule is C[Si](C)(C)c1scc2c1-c1cscc1-c1csc([Si](C)(C)C)c1-c1cscc1-2. The minimum Gasteiger partial charge on any atom is -0.152 e. The third kappa shape index (κ3) is 2.76. The first-order valence-corrected chi connectivity index (χ1v) is 20.2. The van der Waals surface area contributed by atoms with Gasteiger partial charge in [-0.05, 0) is 41.3 Å². The van der Waals surface area contributed by atoms with Crippen LogP contribution in [0.4, 0.5) is 0 Å². The summed E-state index contributed by atoms with van der Waals surface area (Å²) < 4.78 is 3.28. The van der Waals surface area contributed by atoms with Gasteiger partial charge in [0.15, 0.2) is 0 Å². The number of thiophene rings is 4. The molecular formula is C22H24S4Si2. The molecule has 0 aromatic carbocycles. The summed E-state index contributed by atoms with van der Waals surface area (Å²) in [6, 6.07) is 0. The van der Waals surface area contributed by atoms with Gasteiger partial charge in [0.2, 0.25) is 0 Å². The van der Waals surface area contributed by atoms with Gasteiger partial charge in [0, 0.05) is 44.5 Å². The lowest BCUT2D eigenvalue weighted by atomic mass is 9.88. The van der Waals surface area contributed by atoms with E-state index in [1.807, 2.05) is 45.3 Å². The van der Waals surface area contributed by atoms with E-state index in [1.165, 1.54) is 44.5 Å². The molecule has 0 saturated carbocycles. The van der Waals surface area contributed by atoms with Gasteiger partial charge in [0.25, 0.3) is 0 Å². The van der Waals surface area contributed by atoms with Gasteiger partial charge >= 0.3 is 0 Å². The van der Waals surface area contributed by atoms with Crippen molar-refractivity contribution in [2.24, 2.45) is 0 Å². The van der Waals surface area contributed by atoms with E-state index in [0.29, 0.717) is 0 Å². The van der Waals surface area contributed by atoms with Crippen LogP contribution in [0.25, 0.3) is 44.5 Å². The Morgan fingerprint density at radius 1 is 0.464 bits per heavy atom. The highest BCUT2D eigenvalue weighted by Gasteiger charge is 2.34. The largest absolute Gasteiger partial charge is 0.152 e. The van der Waals surface area contributed by atoms with E-state index >= 15 is 0 Å².